The lowest BCUT2D eigenvalue weighted by atomic mass is 10.0. The summed E-state index contributed by atoms with van der Waals surface area (Å²) in [6.07, 6.45) is 5.32. The van der Waals surface area contributed by atoms with Crippen LogP contribution in [-0.2, 0) is 11.8 Å². The number of hydrogen-bond acceptors (Lipinski definition) is 4. The van der Waals surface area contributed by atoms with Gasteiger partial charge < -0.3 is 14.8 Å². The van der Waals surface area contributed by atoms with Gasteiger partial charge in [-0.15, -0.1) is 11.8 Å². The van der Waals surface area contributed by atoms with Gasteiger partial charge in [-0.2, -0.15) is 0 Å². The molecular formula is C16H26N4O2S. The molecule has 0 bridgehead atoms. The average Bonchev–Trinajstić information content (AvgIpc) is 3.13. The van der Waals surface area contributed by atoms with E-state index in [-0.39, 0.29) is 17.9 Å². The van der Waals surface area contributed by atoms with E-state index < -0.39 is 6.04 Å². The standard InChI is InChI=1S/C16H26N4O2S/c1-11(2)5-6-12(3)18-15(21)14-8-23-10-20(14)16(22)13-7-19(4)9-17-13/h7,9,11-12,14H,5-6,8,10H2,1-4H3,(H,18,21)/t12-,14-/m0/s1. The summed E-state index contributed by atoms with van der Waals surface area (Å²) in [6.45, 7) is 6.37. The smallest absolute Gasteiger partial charge is 0.275 e. The molecule has 2 amide bonds. The van der Waals surface area contributed by atoms with Gasteiger partial charge in [0.1, 0.15) is 11.7 Å². The number of nitrogens with zero attached hydrogens (tertiary/aromatic N) is 3. The molecule has 1 aromatic rings. The SMILES string of the molecule is CC(C)CC[C@H](C)NC(=O)[C@@H]1CSCN1C(=O)c1cn(C)cn1. The number of carbonyl (C=O) groups excluding carboxylic acids is 2. The Kier molecular flexibility index (Phi) is 6.10. The Morgan fingerprint density at radius 1 is 1.39 bits per heavy atom. The highest BCUT2D eigenvalue weighted by Crippen LogP contribution is 2.23. The monoisotopic (exact) mass is 338 g/mol. The van der Waals surface area contributed by atoms with Crippen LogP contribution in [0.1, 0.15) is 44.1 Å². The summed E-state index contributed by atoms with van der Waals surface area (Å²) in [6, 6.07) is -0.279. The van der Waals surface area contributed by atoms with E-state index in [1.165, 1.54) is 0 Å². The first-order valence-corrected chi connectivity index (χ1v) is 9.21. The second kappa shape index (κ2) is 7.86. The third-order valence-electron chi connectivity index (χ3n) is 3.94. The minimum Gasteiger partial charge on any atom is -0.352 e. The molecule has 1 fully saturated rings. The van der Waals surface area contributed by atoms with Crippen LogP contribution in [0.15, 0.2) is 12.5 Å². The van der Waals surface area contributed by atoms with Crippen molar-refractivity contribution < 1.29 is 9.59 Å². The summed E-state index contributed by atoms with van der Waals surface area (Å²) in [5.74, 6) is 1.56. The number of aromatic nitrogens is 2. The fraction of sp³-hybridized carbons (Fsp3) is 0.688. The van der Waals surface area contributed by atoms with Crippen molar-refractivity contribution in [3.05, 3.63) is 18.2 Å². The minimum absolute atomic E-state index is 0.0597. The summed E-state index contributed by atoms with van der Waals surface area (Å²) in [5.41, 5.74) is 0.389. The van der Waals surface area contributed by atoms with Crippen molar-refractivity contribution in [3.63, 3.8) is 0 Å². The first kappa shape index (κ1) is 17.8. The second-order valence-corrected chi connectivity index (χ2v) is 7.60. The van der Waals surface area contributed by atoms with Gasteiger partial charge in [0.15, 0.2) is 0 Å². The van der Waals surface area contributed by atoms with Crippen molar-refractivity contribution in [3.8, 4) is 0 Å². The number of aryl methyl sites for hydroxylation is 1. The zero-order chi connectivity index (χ0) is 17.0. The number of carbonyl (C=O) groups is 2. The molecule has 0 radical (unpaired) electrons. The molecule has 1 aromatic heterocycles. The van der Waals surface area contributed by atoms with Gasteiger partial charge in [-0.1, -0.05) is 13.8 Å². The molecule has 0 spiro atoms. The van der Waals surface area contributed by atoms with Gasteiger partial charge in [0, 0.05) is 25.0 Å². The largest absolute Gasteiger partial charge is 0.352 e. The molecule has 2 heterocycles. The zero-order valence-electron chi connectivity index (χ0n) is 14.3. The summed E-state index contributed by atoms with van der Waals surface area (Å²) < 4.78 is 1.74. The molecule has 0 aliphatic carbocycles. The van der Waals surface area contributed by atoms with Crippen LogP contribution in [0.4, 0.5) is 0 Å². The Labute approximate surface area is 142 Å². The molecule has 1 N–H and O–H groups in total. The van der Waals surface area contributed by atoms with Crippen LogP contribution in [0, 0.1) is 5.92 Å². The lowest BCUT2D eigenvalue weighted by Gasteiger charge is -2.24. The highest BCUT2D eigenvalue weighted by Gasteiger charge is 2.36. The van der Waals surface area contributed by atoms with E-state index in [0.29, 0.717) is 23.2 Å². The van der Waals surface area contributed by atoms with Crippen molar-refractivity contribution in [2.45, 2.75) is 45.7 Å². The maximum absolute atomic E-state index is 12.5. The van der Waals surface area contributed by atoms with E-state index in [2.05, 4.69) is 24.1 Å². The van der Waals surface area contributed by atoms with Crippen LogP contribution in [0.3, 0.4) is 0 Å². The van der Waals surface area contributed by atoms with Gasteiger partial charge in [0.25, 0.3) is 5.91 Å². The van der Waals surface area contributed by atoms with Crippen molar-refractivity contribution in [2.75, 3.05) is 11.6 Å². The van der Waals surface area contributed by atoms with Gasteiger partial charge in [0.05, 0.1) is 12.2 Å². The molecule has 1 aliphatic heterocycles. The van der Waals surface area contributed by atoms with Gasteiger partial charge in [0.2, 0.25) is 5.91 Å². The maximum atomic E-state index is 12.5. The molecule has 2 rings (SSSR count). The Morgan fingerprint density at radius 3 is 2.74 bits per heavy atom. The average molecular weight is 338 g/mol. The van der Waals surface area contributed by atoms with Gasteiger partial charge in [-0.25, -0.2) is 4.98 Å². The highest BCUT2D eigenvalue weighted by atomic mass is 32.2. The maximum Gasteiger partial charge on any atom is 0.275 e. The lowest BCUT2D eigenvalue weighted by Crippen LogP contribution is -2.49. The Morgan fingerprint density at radius 2 is 2.13 bits per heavy atom. The minimum atomic E-state index is -0.406. The first-order chi connectivity index (χ1) is 10.9. The van der Waals surface area contributed by atoms with E-state index in [9.17, 15) is 9.59 Å². The summed E-state index contributed by atoms with van der Waals surface area (Å²) >= 11 is 1.60. The molecule has 2 atom stereocenters. The van der Waals surface area contributed by atoms with E-state index >= 15 is 0 Å². The van der Waals surface area contributed by atoms with Crippen LogP contribution in [0.25, 0.3) is 0 Å². The molecule has 1 aliphatic rings. The molecule has 0 aromatic carbocycles. The van der Waals surface area contributed by atoms with Crippen molar-refractivity contribution in [1.82, 2.24) is 19.8 Å². The Bertz CT molecular complexity index is 558. The number of amides is 2. The summed E-state index contributed by atoms with van der Waals surface area (Å²) in [5, 5.41) is 3.05. The van der Waals surface area contributed by atoms with Crippen LogP contribution in [0.5, 0.6) is 0 Å². The molecule has 0 saturated carbocycles. The fourth-order valence-electron chi connectivity index (χ4n) is 2.52. The second-order valence-electron chi connectivity index (χ2n) is 6.60. The first-order valence-electron chi connectivity index (χ1n) is 8.05. The molecular weight excluding hydrogens is 312 g/mol. The Balaban J connectivity index is 1.95. The van der Waals surface area contributed by atoms with Crippen LogP contribution in [0.2, 0.25) is 0 Å². The number of thioether (sulfide) groups is 1. The van der Waals surface area contributed by atoms with Crippen LogP contribution < -0.4 is 5.32 Å². The van der Waals surface area contributed by atoms with E-state index in [1.54, 1.807) is 33.8 Å². The predicted octanol–water partition coefficient (Wildman–Crippen LogP) is 1.88. The number of rotatable bonds is 6. The topological polar surface area (TPSA) is 67.2 Å². The Hall–Kier alpha value is -1.50. The zero-order valence-corrected chi connectivity index (χ0v) is 15.1. The van der Waals surface area contributed by atoms with Crippen molar-refractivity contribution in [1.29, 1.82) is 0 Å². The van der Waals surface area contributed by atoms with Gasteiger partial charge >= 0.3 is 0 Å². The third kappa shape index (κ3) is 4.73. The summed E-state index contributed by atoms with van der Waals surface area (Å²) in [4.78, 5) is 30.8. The molecule has 7 heteroatoms. The molecule has 1 saturated heterocycles. The predicted molar refractivity (Wildman–Crippen MR) is 92.2 cm³/mol. The van der Waals surface area contributed by atoms with Crippen molar-refractivity contribution in [2.24, 2.45) is 13.0 Å². The van der Waals surface area contributed by atoms with Gasteiger partial charge in [-0.05, 0) is 25.7 Å². The molecule has 23 heavy (non-hydrogen) atoms. The lowest BCUT2D eigenvalue weighted by molar-refractivity contribution is -0.125. The van der Waals surface area contributed by atoms with E-state index in [4.69, 9.17) is 0 Å². The highest BCUT2D eigenvalue weighted by molar-refractivity contribution is 7.99. The fourth-order valence-corrected chi connectivity index (χ4v) is 3.68. The number of imidazole rings is 1. The molecule has 0 unspecified atom stereocenters. The van der Waals surface area contributed by atoms with Crippen molar-refractivity contribution >= 4 is 23.6 Å². The van der Waals surface area contributed by atoms with Gasteiger partial charge in [-0.3, -0.25) is 9.59 Å². The van der Waals surface area contributed by atoms with Crippen LogP contribution in [-0.4, -0.2) is 50.0 Å². The molecule has 128 valence electrons. The van der Waals surface area contributed by atoms with E-state index in [0.717, 1.165) is 12.8 Å². The van der Waals surface area contributed by atoms with E-state index in [1.807, 2.05) is 14.0 Å². The normalized spacial score (nSPS) is 19.2. The number of hydrogen-bond donors (Lipinski definition) is 1. The third-order valence-corrected chi connectivity index (χ3v) is 4.95. The quantitative estimate of drug-likeness (QED) is 0.860. The number of nitrogens with one attached hydrogen (secondary N) is 1. The van der Waals surface area contributed by atoms with Crippen LogP contribution >= 0.6 is 11.8 Å². The summed E-state index contributed by atoms with van der Waals surface area (Å²) in [7, 11) is 1.82. The molecule has 6 nitrogen and oxygen atoms in total.